The largest absolute Gasteiger partial charge is 0.402 e. The number of aromatic nitrogens is 2. The maximum atomic E-state index is 15.4. The molecule has 3 rings (SSSR count). The lowest BCUT2D eigenvalue weighted by Gasteiger charge is -2.13. The van der Waals surface area contributed by atoms with Crippen LogP contribution in [0.5, 0.6) is 0 Å². The summed E-state index contributed by atoms with van der Waals surface area (Å²) in [7, 11) is 1.42. The van der Waals surface area contributed by atoms with Gasteiger partial charge >= 0.3 is 5.69 Å². The third-order valence-corrected chi connectivity index (χ3v) is 6.79. The SMILES string of the molecule is CC(=N)/C(Cc1sc2c(c1-c1cccc(CO)c1F)c(=O)n(C)c(=O)n2CC(C)C)=C(/C)N. The van der Waals surface area contributed by atoms with Crippen molar-refractivity contribution in [2.45, 2.75) is 47.3 Å². The first kappa shape index (κ1) is 24.6. The van der Waals surface area contributed by atoms with E-state index < -0.39 is 23.7 Å². The van der Waals surface area contributed by atoms with Gasteiger partial charge < -0.3 is 16.2 Å². The Kier molecular flexibility index (Phi) is 7.04. The van der Waals surface area contributed by atoms with Crippen molar-refractivity contribution >= 4 is 27.3 Å². The molecule has 0 fully saturated rings. The minimum Gasteiger partial charge on any atom is -0.402 e. The summed E-state index contributed by atoms with van der Waals surface area (Å²) in [5.41, 5.74) is 7.06. The Morgan fingerprint density at radius 3 is 2.48 bits per heavy atom. The van der Waals surface area contributed by atoms with Crippen LogP contribution in [0.3, 0.4) is 0 Å². The van der Waals surface area contributed by atoms with Gasteiger partial charge in [0.15, 0.2) is 0 Å². The Balaban J connectivity index is 2.53. The topological polar surface area (TPSA) is 114 Å². The number of aliphatic hydroxyl groups excluding tert-OH is 1. The highest BCUT2D eigenvalue weighted by Gasteiger charge is 2.26. The van der Waals surface area contributed by atoms with Gasteiger partial charge in [-0.3, -0.25) is 13.9 Å². The summed E-state index contributed by atoms with van der Waals surface area (Å²) in [5.74, 6) is -0.483. The average Bonchev–Trinajstić information content (AvgIpc) is 3.12. The third kappa shape index (κ3) is 4.43. The van der Waals surface area contributed by atoms with Gasteiger partial charge in [-0.05, 0) is 25.3 Å². The van der Waals surface area contributed by atoms with E-state index in [1.54, 1.807) is 30.5 Å². The Morgan fingerprint density at radius 1 is 1.27 bits per heavy atom. The second kappa shape index (κ2) is 9.44. The fourth-order valence-corrected chi connectivity index (χ4v) is 5.25. The van der Waals surface area contributed by atoms with Gasteiger partial charge in [-0.25, -0.2) is 9.18 Å². The third-order valence-electron chi connectivity index (χ3n) is 5.58. The van der Waals surface area contributed by atoms with Crippen LogP contribution in [0.1, 0.15) is 38.1 Å². The molecule has 0 aliphatic rings. The number of nitrogens with zero attached hydrogens (tertiary/aromatic N) is 2. The Hall–Kier alpha value is -3.04. The van der Waals surface area contributed by atoms with E-state index in [-0.39, 0.29) is 34.6 Å². The van der Waals surface area contributed by atoms with Crippen molar-refractivity contribution in [3.05, 3.63) is 66.6 Å². The van der Waals surface area contributed by atoms with Crippen LogP contribution < -0.4 is 17.0 Å². The molecule has 0 amide bonds. The minimum atomic E-state index is -0.619. The molecule has 0 unspecified atom stereocenters. The normalized spacial score (nSPS) is 12.5. The van der Waals surface area contributed by atoms with Crippen molar-refractivity contribution in [2.24, 2.45) is 18.7 Å². The van der Waals surface area contributed by atoms with E-state index in [1.807, 2.05) is 13.8 Å². The molecule has 2 heterocycles. The second-order valence-corrected chi connectivity index (χ2v) is 9.72. The van der Waals surface area contributed by atoms with Crippen LogP contribution in [0.15, 0.2) is 39.1 Å². The zero-order valence-electron chi connectivity index (χ0n) is 19.5. The lowest BCUT2D eigenvalue weighted by atomic mass is 9.96. The number of fused-ring (bicyclic) bond motifs is 1. The number of aliphatic hydroxyl groups is 1. The van der Waals surface area contributed by atoms with Crippen molar-refractivity contribution in [1.29, 1.82) is 5.41 Å². The van der Waals surface area contributed by atoms with E-state index >= 15 is 4.39 Å². The maximum Gasteiger partial charge on any atom is 0.331 e. The van der Waals surface area contributed by atoms with Gasteiger partial charge in [-0.15, -0.1) is 11.3 Å². The van der Waals surface area contributed by atoms with Crippen molar-refractivity contribution < 1.29 is 9.50 Å². The summed E-state index contributed by atoms with van der Waals surface area (Å²) < 4.78 is 18.0. The number of allylic oxidation sites excluding steroid dienone is 2. The van der Waals surface area contributed by atoms with Gasteiger partial charge in [0.1, 0.15) is 10.6 Å². The molecule has 3 aromatic rings. The van der Waals surface area contributed by atoms with Crippen LogP contribution in [0.4, 0.5) is 4.39 Å². The predicted molar refractivity (Wildman–Crippen MR) is 131 cm³/mol. The molecule has 0 bridgehead atoms. The standard InChI is InChI=1S/C24H29FN4O3S/c1-12(2)10-29-23-20(22(31)28(5)24(29)32)19(16-8-6-7-15(11-30)21(16)25)18(33-23)9-17(13(3)26)14(4)27/h6-8,12,26,30H,9-11,27H2,1-5H3/b17-14-,26-13?. The van der Waals surface area contributed by atoms with E-state index in [2.05, 4.69) is 0 Å². The molecular formula is C24H29FN4O3S. The van der Waals surface area contributed by atoms with Crippen molar-refractivity contribution in [2.75, 3.05) is 0 Å². The molecular weight excluding hydrogens is 443 g/mol. The Labute approximate surface area is 195 Å². The van der Waals surface area contributed by atoms with Crippen LogP contribution in [0.2, 0.25) is 0 Å². The number of nitrogens with one attached hydrogen (secondary N) is 1. The first-order valence-corrected chi connectivity index (χ1v) is 11.5. The highest BCUT2D eigenvalue weighted by molar-refractivity contribution is 7.19. The number of nitrogens with two attached hydrogens (primary N) is 1. The van der Waals surface area contributed by atoms with Gasteiger partial charge in [0.05, 0.1) is 12.0 Å². The fraction of sp³-hybridized carbons (Fsp3) is 0.375. The lowest BCUT2D eigenvalue weighted by Crippen LogP contribution is -2.38. The lowest BCUT2D eigenvalue weighted by molar-refractivity contribution is 0.276. The quantitative estimate of drug-likeness (QED) is 0.456. The summed E-state index contributed by atoms with van der Waals surface area (Å²) in [6.07, 6.45) is 0.216. The number of halogens is 1. The molecule has 4 N–H and O–H groups in total. The van der Waals surface area contributed by atoms with E-state index in [4.69, 9.17) is 11.1 Å². The molecule has 176 valence electrons. The number of thiophene rings is 1. The zero-order valence-corrected chi connectivity index (χ0v) is 20.3. The predicted octanol–water partition coefficient (Wildman–Crippen LogP) is 3.53. The second-order valence-electron chi connectivity index (χ2n) is 8.63. The van der Waals surface area contributed by atoms with E-state index in [0.717, 1.165) is 4.57 Å². The van der Waals surface area contributed by atoms with Crippen LogP contribution in [0.25, 0.3) is 21.3 Å². The molecule has 1 aromatic carbocycles. The Morgan fingerprint density at radius 2 is 1.94 bits per heavy atom. The fourth-order valence-electron chi connectivity index (χ4n) is 3.93. The maximum absolute atomic E-state index is 15.4. The van der Waals surface area contributed by atoms with Crippen LogP contribution in [0, 0.1) is 17.1 Å². The molecule has 7 nitrogen and oxygen atoms in total. The van der Waals surface area contributed by atoms with Crippen molar-refractivity contribution in [1.82, 2.24) is 9.13 Å². The average molecular weight is 473 g/mol. The van der Waals surface area contributed by atoms with Crippen molar-refractivity contribution in [3.63, 3.8) is 0 Å². The first-order valence-electron chi connectivity index (χ1n) is 10.6. The number of rotatable bonds is 7. The van der Waals surface area contributed by atoms with Crippen LogP contribution in [-0.2, 0) is 26.6 Å². The Bertz CT molecular complexity index is 1390. The summed E-state index contributed by atoms with van der Waals surface area (Å²) in [6.45, 7) is 7.17. The molecule has 2 aromatic heterocycles. The number of hydrogen-bond acceptors (Lipinski definition) is 6. The van der Waals surface area contributed by atoms with Gasteiger partial charge in [-0.2, -0.15) is 0 Å². The molecule has 0 saturated carbocycles. The van der Waals surface area contributed by atoms with Gasteiger partial charge in [0.2, 0.25) is 0 Å². The monoisotopic (exact) mass is 472 g/mol. The van der Waals surface area contributed by atoms with E-state index in [9.17, 15) is 14.7 Å². The number of benzene rings is 1. The highest BCUT2D eigenvalue weighted by Crippen LogP contribution is 2.40. The van der Waals surface area contributed by atoms with Gasteiger partial charge in [-0.1, -0.05) is 32.0 Å². The number of hydrogen-bond donors (Lipinski definition) is 3. The van der Waals surface area contributed by atoms with Gasteiger partial charge in [0.25, 0.3) is 5.56 Å². The van der Waals surface area contributed by atoms with Crippen molar-refractivity contribution in [3.8, 4) is 11.1 Å². The van der Waals surface area contributed by atoms with Crippen LogP contribution in [-0.4, -0.2) is 20.0 Å². The molecule has 0 aliphatic carbocycles. The molecule has 0 spiro atoms. The molecule has 0 aliphatic heterocycles. The molecule has 9 heteroatoms. The van der Waals surface area contributed by atoms with Crippen LogP contribution >= 0.6 is 11.3 Å². The molecule has 0 saturated heterocycles. The molecule has 0 atom stereocenters. The summed E-state index contributed by atoms with van der Waals surface area (Å²) in [4.78, 5) is 27.4. The van der Waals surface area contributed by atoms with E-state index in [0.29, 0.717) is 33.1 Å². The highest BCUT2D eigenvalue weighted by atomic mass is 32.1. The molecule has 0 radical (unpaired) electrons. The minimum absolute atomic E-state index is 0.110. The summed E-state index contributed by atoms with van der Waals surface area (Å²) in [6, 6.07) is 4.67. The summed E-state index contributed by atoms with van der Waals surface area (Å²) in [5, 5.41) is 18.0. The zero-order chi connectivity index (χ0) is 24.6. The molecule has 33 heavy (non-hydrogen) atoms. The smallest absolute Gasteiger partial charge is 0.331 e. The van der Waals surface area contributed by atoms with Gasteiger partial charge in [0, 0.05) is 53.0 Å². The first-order chi connectivity index (χ1) is 15.5. The van der Waals surface area contributed by atoms with E-state index in [1.165, 1.54) is 24.5 Å². The summed E-state index contributed by atoms with van der Waals surface area (Å²) >= 11 is 1.24.